The van der Waals surface area contributed by atoms with Crippen molar-refractivity contribution in [2.45, 2.75) is 45.6 Å². The van der Waals surface area contributed by atoms with Crippen LogP contribution < -0.4 is 5.32 Å². The third-order valence-corrected chi connectivity index (χ3v) is 3.53. The van der Waals surface area contributed by atoms with Gasteiger partial charge in [0.15, 0.2) is 0 Å². The lowest BCUT2D eigenvalue weighted by Crippen LogP contribution is -2.49. The van der Waals surface area contributed by atoms with Crippen molar-refractivity contribution >= 4 is 6.03 Å². The standard InChI is InChI=1S/C17H27FN2O2/c1-6-20(12-17(4,5)22)15(21)19-11-16(2,3)13-9-7-8-10-14(13)18/h7-10,22H,6,11-12H2,1-5H3,(H,19,21). The molecule has 1 aromatic rings. The van der Waals surface area contributed by atoms with E-state index in [0.717, 1.165) is 0 Å². The minimum Gasteiger partial charge on any atom is -0.389 e. The second kappa shape index (κ2) is 7.09. The van der Waals surface area contributed by atoms with Crippen LogP contribution in [0.1, 0.15) is 40.2 Å². The summed E-state index contributed by atoms with van der Waals surface area (Å²) in [7, 11) is 0. The fourth-order valence-electron chi connectivity index (χ4n) is 2.31. The Morgan fingerprint density at radius 3 is 2.36 bits per heavy atom. The number of aliphatic hydroxyl groups is 1. The van der Waals surface area contributed by atoms with Gasteiger partial charge in [0.25, 0.3) is 0 Å². The third kappa shape index (κ3) is 5.30. The van der Waals surface area contributed by atoms with Gasteiger partial charge in [0.05, 0.1) is 12.1 Å². The van der Waals surface area contributed by atoms with Crippen LogP contribution in [-0.2, 0) is 5.41 Å². The van der Waals surface area contributed by atoms with Crippen molar-refractivity contribution in [3.05, 3.63) is 35.6 Å². The van der Waals surface area contributed by atoms with Gasteiger partial charge in [0.1, 0.15) is 5.82 Å². The summed E-state index contributed by atoms with van der Waals surface area (Å²) in [5, 5.41) is 12.7. The number of likely N-dealkylation sites (N-methyl/N-ethyl adjacent to an activating group) is 1. The molecule has 0 aromatic heterocycles. The smallest absolute Gasteiger partial charge is 0.317 e. The van der Waals surface area contributed by atoms with Crippen LogP contribution in [0.4, 0.5) is 9.18 Å². The van der Waals surface area contributed by atoms with Gasteiger partial charge in [-0.05, 0) is 32.4 Å². The van der Waals surface area contributed by atoms with Crippen molar-refractivity contribution in [2.75, 3.05) is 19.6 Å². The largest absolute Gasteiger partial charge is 0.389 e. The van der Waals surface area contributed by atoms with Gasteiger partial charge in [-0.1, -0.05) is 32.0 Å². The molecule has 2 amide bonds. The molecule has 124 valence electrons. The molecule has 0 spiro atoms. The summed E-state index contributed by atoms with van der Waals surface area (Å²) < 4.78 is 13.9. The quantitative estimate of drug-likeness (QED) is 0.849. The summed E-state index contributed by atoms with van der Waals surface area (Å²) in [5.74, 6) is -0.273. The number of benzene rings is 1. The van der Waals surface area contributed by atoms with E-state index >= 15 is 0 Å². The van der Waals surface area contributed by atoms with Crippen LogP contribution in [0.15, 0.2) is 24.3 Å². The summed E-state index contributed by atoms with van der Waals surface area (Å²) >= 11 is 0. The van der Waals surface area contributed by atoms with Crippen molar-refractivity contribution in [2.24, 2.45) is 0 Å². The minimum atomic E-state index is -0.950. The van der Waals surface area contributed by atoms with Crippen LogP contribution in [0.25, 0.3) is 0 Å². The highest BCUT2D eigenvalue weighted by Gasteiger charge is 2.26. The topological polar surface area (TPSA) is 52.6 Å². The maximum Gasteiger partial charge on any atom is 0.317 e. The zero-order valence-corrected chi connectivity index (χ0v) is 14.1. The van der Waals surface area contributed by atoms with E-state index in [2.05, 4.69) is 5.32 Å². The lowest BCUT2D eigenvalue weighted by atomic mass is 9.84. The molecular formula is C17H27FN2O2. The number of nitrogens with zero attached hydrogens (tertiary/aromatic N) is 1. The molecule has 0 atom stereocenters. The second-order valence-electron chi connectivity index (χ2n) is 6.85. The van der Waals surface area contributed by atoms with E-state index in [1.54, 1.807) is 32.0 Å². The van der Waals surface area contributed by atoms with E-state index in [9.17, 15) is 14.3 Å². The van der Waals surface area contributed by atoms with Crippen molar-refractivity contribution in [1.82, 2.24) is 10.2 Å². The van der Waals surface area contributed by atoms with Gasteiger partial charge in [-0.2, -0.15) is 0 Å². The summed E-state index contributed by atoms with van der Waals surface area (Å²) in [5.41, 5.74) is -0.898. The third-order valence-electron chi connectivity index (χ3n) is 3.53. The Hall–Kier alpha value is -1.62. The van der Waals surface area contributed by atoms with Crippen LogP contribution >= 0.6 is 0 Å². The monoisotopic (exact) mass is 310 g/mol. The van der Waals surface area contributed by atoms with Crippen molar-refractivity contribution in [3.8, 4) is 0 Å². The average molecular weight is 310 g/mol. The van der Waals surface area contributed by atoms with Crippen LogP contribution in [0, 0.1) is 5.82 Å². The average Bonchev–Trinajstić information content (AvgIpc) is 2.41. The first kappa shape index (κ1) is 18.4. The Morgan fingerprint density at radius 2 is 1.86 bits per heavy atom. The number of urea groups is 1. The molecule has 0 radical (unpaired) electrons. The number of nitrogens with one attached hydrogen (secondary N) is 1. The van der Waals surface area contributed by atoms with Gasteiger partial charge in [-0.3, -0.25) is 0 Å². The Labute approximate surface area is 132 Å². The molecule has 0 fully saturated rings. The van der Waals surface area contributed by atoms with E-state index in [1.807, 2.05) is 20.8 Å². The molecule has 0 bridgehead atoms. The fourth-order valence-corrected chi connectivity index (χ4v) is 2.31. The zero-order chi connectivity index (χ0) is 17.0. The van der Waals surface area contributed by atoms with Crippen molar-refractivity contribution < 1.29 is 14.3 Å². The molecule has 0 unspecified atom stereocenters. The fraction of sp³-hybridized carbons (Fsp3) is 0.588. The molecule has 1 aromatic carbocycles. The summed E-state index contributed by atoms with van der Waals surface area (Å²) in [6.45, 7) is 10.0. The Morgan fingerprint density at radius 1 is 1.27 bits per heavy atom. The van der Waals surface area contributed by atoms with E-state index in [0.29, 0.717) is 18.7 Å². The second-order valence-corrected chi connectivity index (χ2v) is 6.85. The van der Waals surface area contributed by atoms with Gasteiger partial charge in [-0.15, -0.1) is 0 Å². The lowest BCUT2D eigenvalue weighted by Gasteiger charge is -2.31. The van der Waals surface area contributed by atoms with Gasteiger partial charge < -0.3 is 15.3 Å². The molecule has 0 aliphatic rings. The molecule has 0 aliphatic carbocycles. The van der Waals surface area contributed by atoms with Crippen molar-refractivity contribution in [3.63, 3.8) is 0 Å². The molecule has 22 heavy (non-hydrogen) atoms. The molecule has 1 rings (SSSR count). The van der Waals surface area contributed by atoms with Crippen LogP contribution in [-0.4, -0.2) is 41.3 Å². The highest BCUT2D eigenvalue weighted by Crippen LogP contribution is 2.24. The molecule has 0 aliphatic heterocycles. The number of hydrogen-bond donors (Lipinski definition) is 2. The van der Waals surface area contributed by atoms with Gasteiger partial charge in [0.2, 0.25) is 0 Å². The van der Waals surface area contributed by atoms with E-state index in [4.69, 9.17) is 0 Å². The maximum absolute atomic E-state index is 13.9. The molecule has 4 nitrogen and oxygen atoms in total. The lowest BCUT2D eigenvalue weighted by molar-refractivity contribution is 0.0478. The summed E-state index contributed by atoms with van der Waals surface area (Å²) in [6.07, 6.45) is 0. The number of carbonyl (C=O) groups is 1. The predicted molar refractivity (Wildman–Crippen MR) is 86.4 cm³/mol. The maximum atomic E-state index is 13.9. The molecule has 5 heteroatoms. The molecule has 0 heterocycles. The molecule has 0 saturated carbocycles. The van der Waals surface area contributed by atoms with Crippen LogP contribution in [0.5, 0.6) is 0 Å². The molecule has 0 saturated heterocycles. The van der Waals surface area contributed by atoms with Crippen LogP contribution in [0.3, 0.4) is 0 Å². The van der Waals surface area contributed by atoms with E-state index in [-0.39, 0.29) is 18.4 Å². The van der Waals surface area contributed by atoms with E-state index in [1.165, 1.54) is 11.0 Å². The number of halogens is 1. The first-order valence-electron chi connectivity index (χ1n) is 7.57. The zero-order valence-electron chi connectivity index (χ0n) is 14.1. The molecule has 2 N–H and O–H groups in total. The Kier molecular flexibility index (Phi) is 5.94. The summed E-state index contributed by atoms with van der Waals surface area (Å²) in [6, 6.07) is 6.33. The minimum absolute atomic E-state index is 0.245. The number of carbonyl (C=O) groups excluding carboxylic acids is 1. The Balaban J connectivity index is 2.71. The normalized spacial score (nSPS) is 12.1. The van der Waals surface area contributed by atoms with Gasteiger partial charge >= 0.3 is 6.03 Å². The van der Waals surface area contributed by atoms with Gasteiger partial charge in [0, 0.05) is 18.5 Å². The molecular weight excluding hydrogens is 283 g/mol. The predicted octanol–water partition coefficient (Wildman–Crippen LogP) is 2.91. The number of rotatable bonds is 6. The highest BCUT2D eigenvalue weighted by atomic mass is 19.1. The summed E-state index contributed by atoms with van der Waals surface area (Å²) in [4.78, 5) is 13.8. The SMILES string of the molecule is CCN(CC(C)(C)O)C(=O)NCC(C)(C)c1ccccc1F. The highest BCUT2D eigenvalue weighted by molar-refractivity contribution is 5.74. The number of hydrogen-bond acceptors (Lipinski definition) is 2. The number of amides is 2. The first-order valence-corrected chi connectivity index (χ1v) is 7.57. The Bertz CT molecular complexity index is 510. The van der Waals surface area contributed by atoms with E-state index < -0.39 is 11.0 Å². The first-order chi connectivity index (χ1) is 10.1. The van der Waals surface area contributed by atoms with Crippen molar-refractivity contribution in [1.29, 1.82) is 0 Å². The van der Waals surface area contributed by atoms with Gasteiger partial charge in [-0.25, -0.2) is 9.18 Å². The van der Waals surface area contributed by atoms with Crippen LogP contribution in [0.2, 0.25) is 0 Å².